The highest BCUT2D eigenvalue weighted by atomic mass is 19.1. The van der Waals surface area contributed by atoms with Crippen LogP contribution in [0.1, 0.15) is 69.0 Å². The first-order valence-electron chi connectivity index (χ1n) is 7.27. The Balaban J connectivity index is 2.41. The third-order valence-electron chi connectivity index (χ3n) is 3.55. The van der Waals surface area contributed by atoms with E-state index in [1.165, 1.54) is 37.8 Å². The molecule has 0 aliphatic heterocycles. The monoisotopic (exact) mass is 269 g/mol. The van der Waals surface area contributed by atoms with Crippen LogP contribution < -0.4 is 5.73 Å². The standard InChI is InChI=1S/C16H25F2N/c1-3-4-5-6-7-8-9-16(19)13-11-14(17)12(2)10-15(13)18/h10-11,16H,3-9,19H2,1-2H3. The summed E-state index contributed by atoms with van der Waals surface area (Å²) in [6.07, 6.45) is 7.75. The second-order valence-corrected chi connectivity index (χ2v) is 5.29. The fraction of sp³-hybridized carbons (Fsp3) is 0.625. The van der Waals surface area contributed by atoms with Gasteiger partial charge in [0.05, 0.1) is 0 Å². The zero-order valence-electron chi connectivity index (χ0n) is 12.0. The van der Waals surface area contributed by atoms with Crippen molar-refractivity contribution in [3.63, 3.8) is 0 Å². The molecule has 1 rings (SSSR count). The quantitative estimate of drug-likeness (QED) is 0.658. The van der Waals surface area contributed by atoms with Crippen LogP contribution in [0.25, 0.3) is 0 Å². The van der Waals surface area contributed by atoms with Gasteiger partial charge in [0.25, 0.3) is 0 Å². The molecule has 0 aliphatic carbocycles. The SMILES string of the molecule is CCCCCCCCC(N)c1cc(F)c(C)cc1F. The minimum atomic E-state index is -0.402. The molecule has 1 atom stereocenters. The minimum absolute atomic E-state index is 0.302. The van der Waals surface area contributed by atoms with Crippen LogP contribution in [-0.2, 0) is 0 Å². The Labute approximate surface area is 115 Å². The van der Waals surface area contributed by atoms with Crippen molar-refractivity contribution >= 4 is 0 Å². The van der Waals surface area contributed by atoms with Crippen molar-refractivity contribution in [1.29, 1.82) is 0 Å². The van der Waals surface area contributed by atoms with E-state index in [1.54, 1.807) is 6.92 Å². The smallest absolute Gasteiger partial charge is 0.128 e. The largest absolute Gasteiger partial charge is 0.324 e. The second kappa shape index (κ2) is 8.26. The van der Waals surface area contributed by atoms with Gasteiger partial charge in [0.2, 0.25) is 0 Å². The molecule has 0 radical (unpaired) electrons. The summed E-state index contributed by atoms with van der Waals surface area (Å²) >= 11 is 0. The Morgan fingerprint density at radius 2 is 1.63 bits per heavy atom. The van der Waals surface area contributed by atoms with Crippen molar-refractivity contribution in [2.24, 2.45) is 5.73 Å². The Hall–Kier alpha value is -0.960. The first kappa shape index (κ1) is 16.1. The maximum Gasteiger partial charge on any atom is 0.128 e. The summed E-state index contributed by atoms with van der Waals surface area (Å²) in [5.74, 6) is -0.771. The van der Waals surface area contributed by atoms with Gasteiger partial charge in [0, 0.05) is 11.6 Å². The first-order valence-corrected chi connectivity index (χ1v) is 7.27. The fourth-order valence-corrected chi connectivity index (χ4v) is 2.25. The number of nitrogens with two attached hydrogens (primary N) is 1. The Morgan fingerprint density at radius 3 is 2.32 bits per heavy atom. The number of halogens is 2. The number of benzene rings is 1. The van der Waals surface area contributed by atoms with Crippen LogP contribution >= 0.6 is 0 Å². The van der Waals surface area contributed by atoms with Crippen molar-refractivity contribution < 1.29 is 8.78 Å². The van der Waals surface area contributed by atoms with Gasteiger partial charge >= 0.3 is 0 Å². The summed E-state index contributed by atoms with van der Waals surface area (Å²) in [5.41, 5.74) is 6.58. The lowest BCUT2D eigenvalue weighted by atomic mass is 9.98. The van der Waals surface area contributed by atoms with Crippen LogP contribution in [-0.4, -0.2) is 0 Å². The van der Waals surface area contributed by atoms with E-state index in [-0.39, 0.29) is 5.82 Å². The summed E-state index contributed by atoms with van der Waals surface area (Å²) in [7, 11) is 0. The number of unbranched alkanes of at least 4 members (excludes halogenated alkanes) is 5. The van der Waals surface area contributed by atoms with Gasteiger partial charge in [0.15, 0.2) is 0 Å². The van der Waals surface area contributed by atoms with Crippen LogP contribution in [0.15, 0.2) is 12.1 Å². The second-order valence-electron chi connectivity index (χ2n) is 5.29. The average Bonchev–Trinajstić information content (AvgIpc) is 2.37. The Bertz CT molecular complexity index is 391. The number of aryl methyl sites for hydroxylation is 1. The van der Waals surface area contributed by atoms with Crippen LogP contribution in [0.2, 0.25) is 0 Å². The third kappa shape index (κ3) is 5.27. The predicted molar refractivity (Wildman–Crippen MR) is 76.0 cm³/mol. The lowest BCUT2D eigenvalue weighted by molar-refractivity contribution is 0.515. The van der Waals surface area contributed by atoms with Crippen molar-refractivity contribution in [2.45, 2.75) is 64.8 Å². The lowest BCUT2D eigenvalue weighted by Crippen LogP contribution is -2.13. The molecule has 0 amide bonds. The summed E-state index contributed by atoms with van der Waals surface area (Å²) in [6, 6.07) is 2.07. The summed E-state index contributed by atoms with van der Waals surface area (Å²) < 4.78 is 27.1. The van der Waals surface area contributed by atoms with Gasteiger partial charge in [-0.05, 0) is 31.0 Å². The zero-order valence-corrected chi connectivity index (χ0v) is 12.0. The molecule has 108 valence electrons. The molecule has 2 N–H and O–H groups in total. The van der Waals surface area contributed by atoms with E-state index in [9.17, 15) is 8.78 Å². The molecular weight excluding hydrogens is 244 g/mol. The zero-order chi connectivity index (χ0) is 14.3. The number of rotatable bonds is 8. The van der Waals surface area contributed by atoms with E-state index < -0.39 is 11.9 Å². The van der Waals surface area contributed by atoms with E-state index in [4.69, 9.17) is 5.73 Å². The van der Waals surface area contributed by atoms with Gasteiger partial charge < -0.3 is 5.73 Å². The van der Waals surface area contributed by atoms with Gasteiger partial charge in [-0.3, -0.25) is 0 Å². The topological polar surface area (TPSA) is 26.0 Å². The number of hydrogen-bond donors (Lipinski definition) is 1. The lowest BCUT2D eigenvalue weighted by Gasteiger charge is -2.14. The highest BCUT2D eigenvalue weighted by Crippen LogP contribution is 2.23. The van der Waals surface area contributed by atoms with Crippen LogP contribution in [0.3, 0.4) is 0 Å². The molecule has 0 saturated heterocycles. The van der Waals surface area contributed by atoms with Crippen molar-refractivity contribution in [3.8, 4) is 0 Å². The van der Waals surface area contributed by atoms with Crippen LogP contribution in [0.4, 0.5) is 8.78 Å². The Morgan fingerprint density at radius 1 is 1.00 bits per heavy atom. The third-order valence-corrected chi connectivity index (χ3v) is 3.55. The maximum absolute atomic E-state index is 13.7. The summed E-state index contributed by atoms with van der Waals surface area (Å²) in [6.45, 7) is 3.74. The van der Waals surface area contributed by atoms with E-state index in [0.29, 0.717) is 17.5 Å². The molecule has 0 aliphatic rings. The molecule has 0 saturated carbocycles. The molecule has 0 spiro atoms. The minimum Gasteiger partial charge on any atom is -0.324 e. The van der Waals surface area contributed by atoms with Crippen molar-refractivity contribution in [2.75, 3.05) is 0 Å². The van der Waals surface area contributed by atoms with E-state index in [0.717, 1.165) is 12.8 Å². The maximum atomic E-state index is 13.7. The molecule has 0 aromatic heterocycles. The highest BCUT2D eigenvalue weighted by Gasteiger charge is 2.13. The Kier molecular flexibility index (Phi) is 7.00. The molecule has 1 unspecified atom stereocenters. The van der Waals surface area contributed by atoms with Gasteiger partial charge in [-0.2, -0.15) is 0 Å². The van der Waals surface area contributed by atoms with Gasteiger partial charge in [-0.1, -0.05) is 45.4 Å². The van der Waals surface area contributed by atoms with Crippen LogP contribution in [0, 0.1) is 18.6 Å². The van der Waals surface area contributed by atoms with Crippen molar-refractivity contribution in [3.05, 3.63) is 34.9 Å². The predicted octanol–water partition coefficient (Wildman–Crippen LogP) is 5.02. The fourth-order valence-electron chi connectivity index (χ4n) is 2.25. The average molecular weight is 269 g/mol. The first-order chi connectivity index (χ1) is 9.06. The molecule has 1 nitrogen and oxygen atoms in total. The molecule has 0 fully saturated rings. The van der Waals surface area contributed by atoms with E-state index in [1.807, 2.05) is 0 Å². The highest BCUT2D eigenvalue weighted by molar-refractivity contribution is 5.27. The molecule has 0 heterocycles. The van der Waals surface area contributed by atoms with Gasteiger partial charge in [-0.15, -0.1) is 0 Å². The molecular formula is C16H25F2N. The van der Waals surface area contributed by atoms with Crippen LogP contribution in [0.5, 0.6) is 0 Å². The summed E-state index contributed by atoms with van der Waals surface area (Å²) in [4.78, 5) is 0. The molecule has 3 heteroatoms. The van der Waals surface area contributed by atoms with E-state index in [2.05, 4.69) is 6.92 Å². The van der Waals surface area contributed by atoms with Crippen molar-refractivity contribution in [1.82, 2.24) is 0 Å². The van der Waals surface area contributed by atoms with Gasteiger partial charge in [0.1, 0.15) is 11.6 Å². The number of hydrogen-bond acceptors (Lipinski definition) is 1. The normalized spacial score (nSPS) is 12.7. The molecule has 1 aromatic rings. The molecule has 19 heavy (non-hydrogen) atoms. The molecule has 0 bridgehead atoms. The summed E-state index contributed by atoms with van der Waals surface area (Å²) in [5, 5.41) is 0. The molecule has 1 aromatic carbocycles. The van der Waals surface area contributed by atoms with Gasteiger partial charge in [-0.25, -0.2) is 8.78 Å². The van der Waals surface area contributed by atoms with E-state index >= 15 is 0 Å².